The largest absolute Gasteiger partial charge is 0.417 e. The van der Waals surface area contributed by atoms with Gasteiger partial charge in [0.1, 0.15) is 5.82 Å². The van der Waals surface area contributed by atoms with Gasteiger partial charge in [0.2, 0.25) is 0 Å². The van der Waals surface area contributed by atoms with Crippen LogP contribution in [0.25, 0.3) is 11.1 Å². The fraction of sp³-hybridized carbons (Fsp3) is 0.0714. The highest BCUT2D eigenvalue weighted by Crippen LogP contribution is 2.21. The molecule has 6 nitrogen and oxygen atoms in total. The minimum absolute atomic E-state index is 0.0651. The second kappa shape index (κ2) is 4.99. The highest BCUT2D eigenvalue weighted by atomic mass is 32.2. The Morgan fingerprint density at radius 3 is 2.68 bits per heavy atom. The number of hydrogen-bond donors (Lipinski definition) is 2. The molecule has 0 saturated carbocycles. The van der Waals surface area contributed by atoms with Crippen LogP contribution < -0.4 is 10.5 Å². The molecule has 3 rings (SSSR count). The number of hydrogen-bond acceptors (Lipinski definition) is 4. The second-order valence-corrected chi connectivity index (χ2v) is 6.42. The van der Waals surface area contributed by atoms with Crippen LogP contribution in [0.5, 0.6) is 0 Å². The average Bonchev–Trinajstić information content (AvgIpc) is 2.81. The van der Waals surface area contributed by atoms with Gasteiger partial charge in [0.15, 0.2) is 5.58 Å². The summed E-state index contributed by atoms with van der Waals surface area (Å²) in [5.74, 6) is -1.08. The van der Waals surface area contributed by atoms with E-state index < -0.39 is 21.6 Å². The van der Waals surface area contributed by atoms with E-state index in [-0.39, 0.29) is 16.2 Å². The van der Waals surface area contributed by atoms with Crippen LogP contribution in [-0.2, 0) is 10.0 Å². The summed E-state index contributed by atoms with van der Waals surface area (Å²) >= 11 is 0. The molecule has 0 radical (unpaired) electrons. The molecule has 0 bridgehead atoms. The van der Waals surface area contributed by atoms with Crippen molar-refractivity contribution >= 4 is 26.8 Å². The van der Waals surface area contributed by atoms with Gasteiger partial charge in [-0.25, -0.2) is 17.6 Å². The topological polar surface area (TPSA) is 92.2 Å². The number of halogens is 1. The lowest BCUT2D eigenvalue weighted by Gasteiger charge is -2.09. The summed E-state index contributed by atoms with van der Waals surface area (Å²) in [6.07, 6.45) is 0. The van der Waals surface area contributed by atoms with Gasteiger partial charge >= 0.3 is 5.76 Å². The van der Waals surface area contributed by atoms with E-state index in [1.54, 1.807) is 0 Å². The monoisotopic (exact) mass is 322 g/mol. The van der Waals surface area contributed by atoms with Gasteiger partial charge in [0.25, 0.3) is 10.0 Å². The van der Waals surface area contributed by atoms with Crippen LogP contribution in [0.2, 0.25) is 0 Å². The molecule has 0 fully saturated rings. The van der Waals surface area contributed by atoms with Crippen molar-refractivity contribution in [2.75, 3.05) is 4.72 Å². The molecule has 0 spiro atoms. The predicted molar refractivity (Wildman–Crippen MR) is 78.8 cm³/mol. The van der Waals surface area contributed by atoms with Crippen LogP contribution >= 0.6 is 0 Å². The zero-order valence-corrected chi connectivity index (χ0v) is 12.2. The molecule has 0 aliphatic heterocycles. The van der Waals surface area contributed by atoms with E-state index in [4.69, 9.17) is 4.42 Å². The van der Waals surface area contributed by atoms with Gasteiger partial charge in [-0.2, -0.15) is 0 Å². The van der Waals surface area contributed by atoms with Gasteiger partial charge in [-0.3, -0.25) is 9.71 Å². The van der Waals surface area contributed by atoms with Crippen molar-refractivity contribution in [3.63, 3.8) is 0 Å². The van der Waals surface area contributed by atoms with Crippen LogP contribution in [0.1, 0.15) is 5.56 Å². The first-order chi connectivity index (χ1) is 10.3. The Balaban J connectivity index is 1.99. The predicted octanol–water partition coefficient (Wildman–Crippen LogP) is 2.37. The molecular weight excluding hydrogens is 311 g/mol. The van der Waals surface area contributed by atoms with Crippen LogP contribution in [0, 0.1) is 12.7 Å². The highest BCUT2D eigenvalue weighted by molar-refractivity contribution is 7.92. The maximum absolute atomic E-state index is 13.2. The van der Waals surface area contributed by atoms with Gasteiger partial charge in [-0.15, -0.1) is 0 Å². The van der Waals surface area contributed by atoms with E-state index >= 15 is 0 Å². The lowest BCUT2D eigenvalue weighted by Crippen LogP contribution is -2.13. The van der Waals surface area contributed by atoms with Crippen molar-refractivity contribution < 1.29 is 17.2 Å². The van der Waals surface area contributed by atoms with E-state index in [0.29, 0.717) is 11.1 Å². The van der Waals surface area contributed by atoms with Crippen LogP contribution in [0.15, 0.2) is 50.5 Å². The molecule has 0 amide bonds. The first-order valence-electron chi connectivity index (χ1n) is 6.27. The zero-order valence-electron chi connectivity index (χ0n) is 11.4. The van der Waals surface area contributed by atoms with E-state index in [2.05, 4.69) is 9.71 Å². The number of nitrogens with one attached hydrogen (secondary N) is 2. The van der Waals surface area contributed by atoms with Crippen LogP contribution in [0.4, 0.5) is 10.1 Å². The van der Waals surface area contributed by atoms with E-state index in [1.807, 2.05) is 0 Å². The number of sulfonamides is 1. The molecule has 1 heterocycles. The third-order valence-electron chi connectivity index (χ3n) is 3.11. The summed E-state index contributed by atoms with van der Waals surface area (Å²) in [6, 6.07) is 7.92. The Kier molecular flexibility index (Phi) is 3.25. The molecule has 2 N–H and O–H groups in total. The first-order valence-corrected chi connectivity index (χ1v) is 7.75. The molecule has 0 aliphatic rings. The van der Waals surface area contributed by atoms with E-state index in [9.17, 15) is 17.6 Å². The molecule has 0 atom stereocenters. The van der Waals surface area contributed by atoms with Crippen LogP contribution in [-0.4, -0.2) is 13.4 Å². The Hall–Kier alpha value is -2.61. The van der Waals surface area contributed by atoms with Gasteiger partial charge in [0.05, 0.1) is 10.4 Å². The van der Waals surface area contributed by atoms with E-state index in [0.717, 1.165) is 0 Å². The smallest absolute Gasteiger partial charge is 0.408 e. The fourth-order valence-corrected chi connectivity index (χ4v) is 3.08. The number of aromatic amines is 1. The number of oxazole rings is 1. The molecule has 3 aromatic rings. The number of aromatic nitrogens is 1. The number of aryl methyl sites for hydroxylation is 1. The minimum Gasteiger partial charge on any atom is -0.408 e. The number of rotatable bonds is 3. The minimum atomic E-state index is -3.87. The zero-order chi connectivity index (χ0) is 15.9. The SMILES string of the molecule is Cc1cc(NS(=O)(=O)c2ccc3[nH]c(=O)oc3c2)ccc1F. The maximum atomic E-state index is 13.2. The van der Waals surface area contributed by atoms with Gasteiger partial charge in [-0.1, -0.05) is 0 Å². The molecule has 0 unspecified atom stereocenters. The molecule has 0 saturated heterocycles. The van der Waals surface area contributed by atoms with Crippen molar-refractivity contribution in [2.24, 2.45) is 0 Å². The van der Waals surface area contributed by atoms with Crippen molar-refractivity contribution in [1.82, 2.24) is 4.98 Å². The Morgan fingerprint density at radius 1 is 1.18 bits per heavy atom. The summed E-state index contributed by atoms with van der Waals surface area (Å²) < 4.78 is 45.0. The Morgan fingerprint density at radius 2 is 1.95 bits per heavy atom. The normalized spacial score (nSPS) is 11.7. The quantitative estimate of drug-likeness (QED) is 0.774. The second-order valence-electron chi connectivity index (χ2n) is 4.74. The molecule has 22 heavy (non-hydrogen) atoms. The summed E-state index contributed by atoms with van der Waals surface area (Å²) in [5, 5.41) is 0. The molecule has 114 valence electrons. The van der Waals surface area contributed by atoms with Gasteiger partial charge in [0, 0.05) is 11.8 Å². The molecule has 0 aliphatic carbocycles. The third kappa shape index (κ3) is 2.60. The Bertz CT molecular complexity index is 1020. The standard InChI is InChI=1S/C14H11FN2O4S/c1-8-6-9(2-4-11(8)15)17-22(19,20)10-3-5-12-13(7-10)21-14(18)16-12/h2-7,17H,1H3,(H,16,18). The van der Waals surface area contributed by atoms with Crippen molar-refractivity contribution in [3.8, 4) is 0 Å². The number of H-pyrrole nitrogens is 1. The van der Waals surface area contributed by atoms with Gasteiger partial charge in [-0.05, 0) is 42.8 Å². The Labute approximate surface area is 124 Å². The van der Waals surface area contributed by atoms with Crippen LogP contribution in [0.3, 0.4) is 0 Å². The molecule has 2 aromatic carbocycles. The van der Waals surface area contributed by atoms with Crippen molar-refractivity contribution in [2.45, 2.75) is 11.8 Å². The van der Waals surface area contributed by atoms with Crippen molar-refractivity contribution in [1.29, 1.82) is 0 Å². The summed E-state index contributed by atoms with van der Waals surface area (Å²) in [6.45, 7) is 1.54. The average molecular weight is 322 g/mol. The summed E-state index contributed by atoms with van der Waals surface area (Å²) in [7, 11) is -3.87. The first kappa shape index (κ1) is 14.3. The molecule has 8 heteroatoms. The lowest BCUT2D eigenvalue weighted by molar-refractivity contribution is 0.554. The summed E-state index contributed by atoms with van der Waals surface area (Å²) in [4.78, 5) is 13.4. The van der Waals surface area contributed by atoms with Gasteiger partial charge < -0.3 is 4.42 Å². The van der Waals surface area contributed by atoms with E-state index in [1.165, 1.54) is 43.3 Å². The summed E-state index contributed by atoms with van der Waals surface area (Å²) in [5.41, 5.74) is 1.12. The maximum Gasteiger partial charge on any atom is 0.417 e. The number of anilines is 1. The van der Waals surface area contributed by atoms with Crippen molar-refractivity contribution in [3.05, 3.63) is 58.3 Å². The number of benzene rings is 2. The number of fused-ring (bicyclic) bond motifs is 1. The molecule has 1 aromatic heterocycles. The fourth-order valence-electron chi connectivity index (χ4n) is 2.02. The lowest BCUT2D eigenvalue weighted by atomic mass is 10.2. The molecular formula is C14H11FN2O4S. The third-order valence-corrected chi connectivity index (χ3v) is 4.49. The highest BCUT2D eigenvalue weighted by Gasteiger charge is 2.16.